The van der Waals surface area contributed by atoms with Crippen LogP contribution in [0.4, 0.5) is 0 Å². The van der Waals surface area contributed by atoms with Crippen molar-refractivity contribution in [1.29, 1.82) is 0 Å². The molecule has 0 atom stereocenters. The van der Waals surface area contributed by atoms with Gasteiger partial charge in [0.1, 0.15) is 11.2 Å². The van der Waals surface area contributed by atoms with Crippen molar-refractivity contribution in [2.24, 2.45) is 0 Å². The van der Waals surface area contributed by atoms with E-state index >= 15 is 0 Å². The molecule has 2 aromatic heterocycles. The molecule has 0 unspecified atom stereocenters. The van der Waals surface area contributed by atoms with Gasteiger partial charge in [-0.15, -0.1) is 0 Å². The number of furan rings is 1. The summed E-state index contributed by atoms with van der Waals surface area (Å²) in [5, 5.41) is 9.75. The topological polar surface area (TPSA) is 51.8 Å². The molecule has 2 heterocycles. The van der Waals surface area contributed by atoms with Crippen LogP contribution in [0.15, 0.2) is 229 Å². The Morgan fingerprint density at radius 3 is 1.43 bits per heavy atom. The molecule has 0 amide bonds. The lowest BCUT2D eigenvalue weighted by Gasteiger charge is -2.34. The molecular weight excluding hydrogens is 747 g/mol. The summed E-state index contributed by atoms with van der Waals surface area (Å²) in [7, 11) is -2.81. The van der Waals surface area contributed by atoms with Crippen molar-refractivity contribution in [2.75, 3.05) is 0 Å². The van der Waals surface area contributed by atoms with E-state index in [-0.39, 0.29) is 0 Å². The van der Waals surface area contributed by atoms with Crippen molar-refractivity contribution < 1.29 is 4.42 Å². The van der Waals surface area contributed by atoms with E-state index in [0.717, 1.165) is 44.2 Å². The molecule has 60 heavy (non-hydrogen) atoms. The summed E-state index contributed by atoms with van der Waals surface area (Å²) in [6.45, 7) is 0. The summed E-state index contributed by atoms with van der Waals surface area (Å²) in [5.41, 5.74) is 6.67. The zero-order valence-electron chi connectivity index (χ0n) is 32.6. The summed E-state index contributed by atoms with van der Waals surface area (Å²) in [6, 6.07) is 79.8. The Kier molecular flexibility index (Phi) is 8.79. The van der Waals surface area contributed by atoms with Gasteiger partial charge in [-0.3, -0.25) is 0 Å². The molecule has 4 nitrogen and oxygen atoms in total. The van der Waals surface area contributed by atoms with E-state index in [9.17, 15) is 0 Å². The quantitative estimate of drug-likeness (QED) is 0.114. The summed E-state index contributed by atoms with van der Waals surface area (Å²) in [5.74, 6) is 1.79. The third-order valence-corrected chi connectivity index (χ3v) is 16.5. The number of fused-ring (bicyclic) bond motifs is 4. The van der Waals surface area contributed by atoms with Gasteiger partial charge in [0.15, 0.2) is 25.5 Å². The van der Waals surface area contributed by atoms with Crippen LogP contribution in [-0.4, -0.2) is 23.0 Å². The predicted molar refractivity (Wildman–Crippen MR) is 250 cm³/mol. The maximum atomic E-state index is 6.34. The Labute approximate surface area is 349 Å². The lowest BCUT2D eigenvalue weighted by molar-refractivity contribution is 0.669. The number of aromatic nitrogens is 3. The summed E-state index contributed by atoms with van der Waals surface area (Å²) in [6.07, 6.45) is 0. The predicted octanol–water partition coefficient (Wildman–Crippen LogP) is 11.0. The van der Waals surface area contributed by atoms with Gasteiger partial charge < -0.3 is 4.42 Å². The van der Waals surface area contributed by atoms with Crippen LogP contribution < -0.4 is 20.7 Å². The lowest BCUT2D eigenvalue weighted by atomic mass is 9.97. The zero-order chi connectivity index (χ0) is 39.9. The standard InChI is InChI=1S/C55H37N3OSi/c1-4-19-43(20-5-1)60(44-21-6-2-7-22-44,45-23-8-3-9-24-45)46-25-14-18-41(36-46)54-56-53(40-32-30-39(31-33-40)48-28-15-17-38-16-10-11-26-47(38)48)57-55(58-54)42-34-35-50-49-27-12-13-29-51(49)59-52(50)37-42/h1-37H. The molecule has 0 aliphatic heterocycles. The van der Waals surface area contributed by atoms with E-state index in [4.69, 9.17) is 19.4 Å². The monoisotopic (exact) mass is 783 g/mol. The van der Waals surface area contributed by atoms with Crippen molar-refractivity contribution in [3.05, 3.63) is 224 Å². The molecular formula is C55H37N3OSi. The van der Waals surface area contributed by atoms with Gasteiger partial charge in [0.2, 0.25) is 0 Å². The first-order valence-corrected chi connectivity index (χ1v) is 22.3. The highest BCUT2D eigenvalue weighted by molar-refractivity contribution is 7.19. The molecule has 0 aliphatic rings. The van der Waals surface area contributed by atoms with E-state index in [1.165, 1.54) is 37.1 Å². The average Bonchev–Trinajstić information content (AvgIpc) is 3.71. The number of hydrogen-bond acceptors (Lipinski definition) is 4. The Morgan fingerprint density at radius 1 is 0.300 bits per heavy atom. The molecule has 11 aromatic rings. The van der Waals surface area contributed by atoms with Crippen molar-refractivity contribution >= 4 is 61.5 Å². The summed E-state index contributed by atoms with van der Waals surface area (Å²) in [4.78, 5) is 15.7. The van der Waals surface area contributed by atoms with Gasteiger partial charge in [-0.05, 0) is 60.8 Å². The first-order chi connectivity index (χ1) is 29.7. The second-order valence-electron chi connectivity index (χ2n) is 15.1. The zero-order valence-corrected chi connectivity index (χ0v) is 33.6. The van der Waals surface area contributed by atoms with Crippen LogP contribution in [-0.2, 0) is 0 Å². The molecule has 0 N–H and O–H groups in total. The highest BCUT2D eigenvalue weighted by Crippen LogP contribution is 2.34. The molecule has 5 heteroatoms. The summed E-state index contributed by atoms with van der Waals surface area (Å²) >= 11 is 0. The van der Waals surface area contributed by atoms with Crippen molar-refractivity contribution in [3.63, 3.8) is 0 Å². The second kappa shape index (κ2) is 14.9. The fourth-order valence-electron chi connectivity index (χ4n) is 8.86. The second-order valence-corrected chi connectivity index (χ2v) is 19.0. The van der Waals surface area contributed by atoms with Crippen LogP contribution in [0.1, 0.15) is 0 Å². The van der Waals surface area contributed by atoms with Gasteiger partial charge in [0.05, 0.1) is 0 Å². The van der Waals surface area contributed by atoms with E-state index in [2.05, 4.69) is 206 Å². The van der Waals surface area contributed by atoms with Crippen LogP contribution in [0.5, 0.6) is 0 Å². The molecule has 0 aliphatic carbocycles. The van der Waals surface area contributed by atoms with E-state index in [1.807, 2.05) is 18.2 Å². The van der Waals surface area contributed by atoms with Crippen molar-refractivity contribution in [3.8, 4) is 45.3 Å². The normalized spacial score (nSPS) is 11.7. The van der Waals surface area contributed by atoms with Crippen LogP contribution in [0.2, 0.25) is 0 Å². The van der Waals surface area contributed by atoms with Crippen LogP contribution in [0, 0.1) is 0 Å². The lowest BCUT2D eigenvalue weighted by Crippen LogP contribution is -2.74. The summed E-state index contributed by atoms with van der Waals surface area (Å²) < 4.78 is 6.34. The van der Waals surface area contributed by atoms with E-state index < -0.39 is 8.07 Å². The van der Waals surface area contributed by atoms with Crippen LogP contribution in [0.3, 0.4) is 0 Å². The minimum Gasteiger partial charge on any atom is -0.456 e. The minimum atomic E-state index is -2.81. The maximum Gasteiger partial charge on any atom is 0.179 e. The van der Waals surface area contributed by atoms with Gasteiger partial charge >= 0.3 is 0 Å². The highest BCUT2D eigenvalue weighted by atomic mass is 28.3. The van der Waals surface area contributed by atoms with Crippen molar-refractivity contribution in [1.82, 2.24) is 15.0 Å². The van der Waals surface area contributed by atoms with Crippen molar-refractivity contribution in [2.45, 2.75) is 0 Å². The number of rotatable bonds is 8. The Balaban J connectivity index is 1.10. The largest absolute Gasteiger partial charge is 0.456 e. The molecule has 0 fully saturated rings. The van der Waals surface area contributed by atoms with Gasteiger partial charge in [-0.2, -0.15) is 0 Å². The molecule has 9 aromatic carbocycles. The van der Waals surface area contributed by atoms with Crippen LogP contribution >= 0.6 is 0 Å². The highest BCUT2D eigenvalue weighted by Gasteiger charge is 2.41. The van der Waals surface area contributed by atoms with Gasteiger partial charge in [0, 0.05) is 27.5 Å². The Morgan fingerprint density at radius 2 is 0.767 bits per heavy atom. The molecule has 282 valence electrons. The SMILES string of the molecule is c1ccc([Si](c2ccccc2)(c2ccccc2)c2cccc(-c3nc(-c4ccc(-c5cccc6ccccc56)cc4)nc(-c4ccc5c(c4)oc4ccccc45)n3)c2)cc1. The fraction of sp³-hybridized carbons (Fsp3) is 0. The number of hydrogen-bond donors (Lipinski definition) is 0. The smallest absolute Gasteiger partial charge is 0.179 e. The first kappa shape index (κ1) is 35.4. The minimum absolute atomic E-state index is 0.582. The third-order valence-electron chi connectivity index (χ3n) is 11.7. The molecule has 0 saturated heterocycles. The Hall–Kier alpha value is -7.73. The number of nitrogens with zero attached hydrogens (tertiary/aromatic N) is 3. The van der Waals surface area contributed by atoms with Crippen LogP contribution in [0.25, 0.3) is 78.0 Å². The maximum absolute atomic E-state index is 6.34. The molecule has 0 saturated carbocycles. The molecule has 11 rings (SSSR count). The van der Waals surface area contributed by atoms with E-state index in [1.54, 1.807) is 0 Å². The average molecular weight is 784 g/mol. The number of benzene rings is 9. The fourth-order valence-corrected chi connectivity index (χ4v) is 13.7. The van der Waals surface area contributed by atoms with Gasteiger partial charge in [-0.1, -0.05) is 206 Å². The first-order valence-electron chi connectivity index (χ1n) is 20.3. The molecule has 0 bridgehead atoms. The van der Waals surface area contributed by atoms with Gasteiger partial charge in [0.25, 0.3) is 0 Å². The van der Waals surface area contributed by atoms with E-state index in [0.29, 0.717) is 17.5 Å². The molecule has 0 radical (unpaired) electrons. The van der Waals surface area contributed by atoms with Gasteiger partial charge in [-0.25, -0.2) is 15.0 Å². The number of para-hydroxylation sites is 1. The molecule has 0 spiro atoms. The third kappa shape index (κ3) is 6.11. The Bertz CT molecular complexity index is 3210.